The van der Waals surface area contributed by atoms with Crippen molar-refractivity contribution in [3.63, 3.8) is 0 Å². The third-order valence-corrected chi connectivity index (χ3v) is 2.55. The van der Waals surface area contributed by atoms with E-state index < -0.39 is 6.04 Å². The fourth-order valence-electron chi connectivity index (χ4n) is 1.26. The Bertz CT molecular complexity index is 396. The molecule has 1 aromatic rings. The average Bonchev–Trinajstić information content (AvgIpc) is 2.23. The number of hydrogen-bond donors (Lipinski definition) is 2. The van der Waals surface area contributed by atoms with Gasteiger partial charge in [0.2, 0.25) is 5.91 Å². The molecule has 0 aliphatic carbocycles. The SMILES string of the molecule is Cc1c(F)cccc1NC(=O)[C@H](N)C(C)C.Cl. The highest BCUT2D eigenvalue weighted by molar-refractivity contribution is 5.95. The molecule has 0 saturated heterocycles. The lowest BCUT2D eigenvalue weighted by molar-refractivity contribution is -0.118. The van der Waals surface area contributed by atoms with Crippen molar-refractivity contribution in [3.8, 4) is 0 Å². The fraction of sp³-hybridized carbons (Fsp3) is 0.417. The van der Waals surface area contributed by atoms with E-state index in [9.17, 15) is 9.18 Å². The van der Waals surface area contributed by atoms with E-state index in [2.05, 4.69) is 5.32 Å². The molecule has 1 aromatic carbocycles. The van der Waals surface area contributed by atoms with Crippen LogP contribution < -0.4 is 11.1 Å². The average molecular weight is 261 g/mol. The first kappa shape index (κ1) is 15.9. The predicted octanol–water partition coefficient (Wildman–Crippen LogP) is 2.48. The highest BCUT2D eigenvalue weighted by Gasteiger charge is 2.18. The first-order valence-corrected chi connectivity index (χ1v) is 5.25. The Morgan fingerprint density at radius 3 is 2.53 bits per heavy atom. The fourth-order valence-corrected chi connectivity index (χ4v) is 1.26. The van der Waals surface area contributed by atoms with E-state index in [-0.39, 0.29) is 30.0 Å². The van der Waals surface area contributed by atoms with Crippen molar-refractivity contribution in [3.05, 3.63) is 29.6 Å². The molecule has 0 unspecified atom stereocenters. The van der Waals surface area contributed by atoms with Gasteiger partial charge in [-0.3, -0.25) is 4.79 Å². The van der Waals surface area contributed by atoms with Gasteiger partial charge in [-0.15, -0.1) is 12.4 Å². The zero-order chi connectivity index (χ0) is 12.3. The van der Waals surface area contributed by atoms with E-state index in [0.717, 1.165) is 0 Å². The number of benzene rings is 1. The molecule has 0 aliphatic heterocycles. The molecule has 0 aromatic heterocycles. The molecule has 5 heteroatoms. The Morgan fingerprint density at radius 2 is 2.00 bits per heavy atom. The van der Waals surface area contributed by atoms with Crippen LogP contribution in [-0.2, 0) is 4.79 Å². The van der Waals surface area contributed by atoms with Gasteiger partial charge in [0.1, 0.15) is 5.82 Å². The maximum absolute atomic E-state index is 13.2. The topological polar surface area (TPSA) is 55.1 Å². The smallest absolute Gasteiger partial charge is 0.241 e. The number of hydrogen-bond acceptors (Lipinski definition) is 2. The monoisotopic (exact) mass is 260 g/mol. The second-order valence-electron chi connectivity index (χ2n) is 4.17. The Kier molecular flexibility index (Phi) is 6.13. The molecule has 17 heavy (non-hydrogen) atoms. The third-order valence-electron chi connectivity index (χ3n) is 2.55. The van der Waals surface area contributed by atoms with Gasteiger partial charge in [0.25, 0.3) is 0 Å². The predicted molar refractivity (Wildman–Crippen MR) is 69.8 cm³/mol. The van der Waals surface area contributed by atoms with E-state index in [1.54, 1.807) is 19.1 Å². The maximum Gasteiger partial charge on any atom is 0.241 e. The van der Waals surface area contributed by atoms with Crippen molar-refractivity contribution < 1.29 is 9.18 Å². The summed E-state index contributed by atoms with van der Waals surface area (Å²) < 4.78 is 13.2. The molecule has 3 nitrogen and oxygen atoms in total. The van der Waals surface area contributed by atoms with Crippen LogP contribution in [0.25, 0.3) is 0 Å². The quantitative estimate of drug-likeness (QED) is 0.877. The maximum atomic E-state index is 13.2. The standard InChI is InChI=1S/C12H17FN2O.ClH/c1-7(2)11(14)12(16)15-10-6-4-5-9(13)8(10)3;/h4-7,11H,14H2,1-3H3,(H,15,16);1H/t11-;/m1./s1. The molecule has 0 radical (unpaired) electrons. The van der Waals surface area contributed by atoms with E-state index in [1.165, 1.54) is 6.07 Å². The van der Waals surface area contributed by atoms with Crippen LogP contribution in [0, 0.1) is 18.7 Å². The summed E-state index contributed by atoms with van der Waals surface area (Å²) >= 11 is 0. The van der Waals surface area contributed by atoms with Crippen molar-refractivity contribution in [2.24, 2.45) is 11.7 Å². The summed E-state index contributed by atoms with van der Waals surface area (Å²) in [4.78, 5) is 11.7. The minimum atomic E-state index is -0.581. The van der Waals surface area contributed by atoms with Gasteiger partial charge in [-0.25, -0.2) is 4.39 Å². The Balaban J connectivity index is 0.00000256. The Labute approximate surface area is 107 Å². The van der Waals surface area contributed by atoms with Gasteiger partial charge in [-0.2, -0.15) is 0 Å². The number of nitrogens with two attached hydrogens (primary N) is 1. The summed E-state index contributed by atoms with van der Waals surface area (Å²) in [5.41, 5.74) is 6.59. The first-order chi connectivity index (χ1) is 7.43. The Morgan fingerprint density at radius 1 is 1.41 bits per heavy atom. The molecule has 3 N–H and O–H groups in total. The van der Waals surface area contributed by atoms with Crippen molar-refractivity contribution >= 4 is 24.0 Å². The molecule has 1 rings (SSSR count). The lowest BCUT2D eigenvalue weighted by atomic mass is 10.0. The van der Waals surface area contributed by atoms with Gasteiger partial charge < -0.3 is 11.1 Å². The summed E-state index contributed by atoms with van der Waals surface area (Å²) in [7, 11) is 0. The van der Waals surface area contributed by atoms with Crippen molar-refractivity contribution in [1.82, 2.24) is 0 Å². The van der Waals surface area contributed by atoms with Gasteiger partial charge in [0, 0.05) is 11.3 Å². The van der Waals surface area contributed by atoms with Crippen LogP contribution in [0.5, 0.6) is 0 Å². The van der Waals surface area contributed by atoms with Gasteiger partial charge in [0.05, 0.1) is 6.04 Å². The first-order valence-electron chi connectivity index (χ1n) is 5.25. The molecule has 1 amide bonds. The number of nitrogens with one attached hydrogen (secondary N) is 1. The van der Waals surface area contributed by atoms with Gasteiger partial charge in [-0.1, -0.05) is 19.9 Å². The molecule has 0 saturated carbocycles. The van der Waals surface area contributed by atoms with E-state index in [4.69, 9.17) is 5.73 Å². The summed E-state index contributed by atoms with van der Waals surface area (Å²) in [6.07, 6.45) is 0. The van der Waals surface area contributed by atoms with Crippen LogP contribution in [0.3, 0.4) is 0 Å². The van der Waals surface area contributed by atoms with Crippen LogP contribution in [0.2, 0.25) is 0 Å². The van der Waals surface area contributed by atoms with Crippen LogP contribution in [-0.4, -0.2) is 11.9 Å². The highest BCUT2D eigenvalue weighted by atomic mass is 35.5. The number of rotatable bonds is 3. The summed E-state index contributed by atoms with van der Waals surface area (Å²) in [5.74, 6) is -0.575. The minimum absolute atomic E-state index is 0. The molecule has 0 heterocycles. The zero-order valence-electron chi connectivity index (χ0n) is 10.2. The second kappa shape index (κ2) is 6.57. The van der Waals surface area contributed by atoms with Gasteiger partial charge in [-0.05, 0) is 25.0 Å². The van der Waals surface area contributed by atoms with Crippen LogP contribution in [0.15, 0.2) is 18.2 Å². The number of halogens is 2. The van der Waals surface area contributed by atoms with Crippen LogP contribution in [0.1, 0.15) is 19.4 Å². The van der Waals surface area contributed by atoms with Crippen molar-refractivity contribution in [2.75, 3.05) is 5.32 Å². The van der Waals surface area contributed by atoms with E-state index in [0.29, 0.717) is 11.3 Å². The highest BCUT2D eigenvalue weighted by Crippen LogP contribution is 2.17. The number of carbonyl (C=O) groups is 1. The molecule has 0 bridgehead atoms. The number of carbonyl (C=O) groups excluding carboxylic acids is 1. The molecule has 1 atom stereocenters. The van der Waals surface area contributed by atoms with Gasteiger partial charge in [0.15, 0.2) is 0 Å². The third kappa shape index (κ3) is 3.98. The summed E-state index contributed by atoms with van der Waals surface area (Å²) in [6, 6.07) is 3.98. The molecule has 0 aliphatic rings. The Hall–Kier alpha value is -1.13. The molecule has 0 spiro atoms. The minimum Gasteiger partial charge on any atom is -0.324 e. The van der Waals surface area contributed by atoms with Crippen molar-refractivity contribution in [1.29, 1.82) is 0 Å². The van der Waals surface area contributed by atoms with Crippen molar-refractivity contribution in [2.45, 2.75) is 26.8 Å². The molecule has 0 fully saturated rings. The molecule has 96 valence electrons. The zero-order valence-corrected chi connectivity index (χ0v) is 11.0. The lowest BCUT2D eigenvalue weighted by Crippen LogP contribution is -2.39. The number of amides is 1. The van der Waals surface area contributed by atoms with Crippen LogP contribution >= 0.6 is 12.4 Å². The van der Waals surface area contributed by atoms with Crippen LogP contribution in [0.4, 0.5) is 10.1 Å². The molecular weight excluding hydrogens is 243 g/mol. The van der Waals surface area contributed by atoms with Gasteiger partial charge >= 0.3 is 0 Å². The molecular formula is C12H18ClFN2O. The van der Waals surface area contributed by atoms with E-state index in [1.807, 2.05) is 13.8 Å². The summed E-state index contributed by atoms with van der Waals surface area (Å²) in [6.45, 7) is 5.34. The summed E-state index contributed by atoms with van der Waals surface area (Å²) in [5, 5.41) is 2.63. The largest absolute Gasteiger partial charge is 0.324 e. The lowest BCUT2D eigenvalue weighted by Gasteiger charge is -2.16. The second-order valence-corrected chi connectivity index (χ2v) is 4.17. The number of anilines is 1. The normalized spacial score (nSPS) is 11.9. The van der Waals surface area contributed by atoms with E-state index >= 15 is 0 Å².